The number of aromatic nitrogens is 2. The molecule has 1 heterocycles. The molecule has 0 amide bonds. The number of hydrogen-bond acceptors (Lipinski definition) is 4. The van der Waals surface area contributed by atoms with E-state index in [9.17, 15) is 0 Å². The molecule has 4 heteroatoms. The van der Waals surface area contributed by atoms with E-state index in [-0.39, 0.29) is 0 Å². The number of rotatable bonds is 8. The molecule has 0 aliphatic carbocycles. The summed E-state index contributed by atoms with van der Waals surface area (Å²) in [7, 11) is 2.13. The van der Waals surface area contributed by atoms with Gasteiger partial charge in [-0.25, -0.2) is 9.97 Å². The lowest BCUT2D eigenvalue weighted by atomic mass is 10.1. The largest absolute Gasteiger partial charge is 0.370 e. The van der Waals surface area contributed by atoms with Gasteiger partial charge in [0.25, 0.3) is 0 Å². The van der Waals surface area contributed by atoms with Crippen LogP contribution in [0.3, 0.4) is 0 Å². The summed E-state index contributed by atoms with van der Waals surface area (Å²) in [5.74, 6) is 2.75. The van der Waals surface area contributed by atoms with E-state index in [0.717, 1.165) is 37.6 Å². The lowest BCUT2D eigenvalue weighted by Gasteiger charge is -2.25. The van der Waals surface area contributed by atoms with Crippen LogP contribution in [0.4, 0.5) is 11.6 Å². The highest BCUT2D eigenvalue weighted by Gasteiger charge is 2.15. The molecule has 1 N–H and O–H groups in total. The molecule has 0 aliphatic rings. The Balaban J connectivity index is 3.00. The Morgan fingerprint density at radius 2 is 2.00 bits per heavy atom. The van der Waals surface area contributed by atoms with Crippen molar-refractivity contribution in [3.8, 4) is 0 Å². The maximum atomic E-state index is 4.50. The highest BCUT2D eigenvalue weighted by Crippen LogP contribution is 2.25. The summed E-state index contributed by atoms with van der Waals surface area (Å²) in [6.45, 7) is 10.7. The van der Waals surface area contributed by atoms with Gasteiger partial charge in [0.15, 0.2) is 0 Å². The molecule has 1 aromatic rings. The van der Waals surface area contributed by atoms with Crippen molar-refractivity contribution in [3.05, 3.63) is 11.9 Å². The third-order valence-corrected chi connectivity index (χ3v) is 3.41. The van der Waals surface area contributed by atoms with Gasteiger partial charge in [0.2, 0.25) is 0 Å². The van der Waals surface area contributed by atoms with Crippen molar-refractivity contribution in [2.24, 2.45) is 5.92 Å². The summed E-state index contributed by atoms with van der Waals surface area (Å²) >= 11 is 0. The second kappa shape index (κ2) is 7.97. The van der Waals surface area contributed by atoms with Gasteiger partial charge < -0.3 is 10.2 Å². The molecule has 1 atom stereocenters. The molecule has 1 aromatic heterocycles. The zero-order valence-electron chi connectivity index (χ0n) is 13.0. The molecule has 0 aromatic carbocycles. The van der Waals surface area contributed by atoms with Gasteiger partial charge in [0.05, 0.1) is 0 Å². The van der Waals surface area contributed by atoms with Crippen LogP contribution in [0.25, 0.3) is 0 Å². The second-order valence-corrected chi connectivity index (χ2v) is 5.20. The Morgan fingerprint density at radius 3 is 2.58 bits per heavy atom. The van der Waals surface area contributed by atoms with Crippen molar-refractivity contribution in [1.82, 2.24) is 9.97 Å². The molecule has 0 saturated heterocycles. The molecule has 0 fully saturated rings. The maximum Gasteiger partial charge on any atom is 0.137 e. The van der Waals surface area contributed by atoms with Gasteiger partial charge in [-0.2, -0.15) is 0 Å². The zero-order valence-corrected chi connectivity index (χ0v) is 13.0. The van der Waals surface area contributed by atoms with E-state index in [0.29, 0.717) is 5.92 Å². The molecule has 1 rings (SSSR count). The van der Waals surface area contributed by atoms with Crippen LogP contribution in [0.1, 0.15) is 46.1 Å². The highest BCUT2D eigenvalue weighted by molar-refractivity contribution is 5.58. The Morgan fingerprint density at radius 1 is 1.26 bits per heavy atom. The van der Waals surface area contributed by atoms with Crippen LogP contribution in [0, 0.1) is 5.92 Å². The van der Waals surface area contributed by atoms with Crippen LogP contribution in [-0.2, 0) is 6.42 Å². The van der Waals surface area contributed by atoms with E-state index in [1.54, 1.807) is 6.33 Å². The average Bonchev–Trinajstić information content (AvgIpc) is 2.40. The van der Waals surface area contributed by atoms with Crippen LogP contribution in [-0.4, -0.2) is 30.1 Å². The van der Waals surface area contributed by atoms with Gasteiger partial charge in [-0.05, 0) is 19.3 Å². The predicted molar refractivity (Wildman–Crippen MR) is 82.9 cm³/mol. The van der Waals surface area contributed by atoms with Gasteiger partial charge in [-0.15, -0.1) is 0 Å². The van der Waals surface area contributed by atoms with Gasteiger partial charge >= 0.3 is 0 Å². The van der Waals surface area contributed by atoms with Gasteiger partial charge in [-0.1, -0.05) is 33.6 Å². The third kappa shape index (κ3) is 4.37. The van der Waals surface area contributed by atoms with E-state index in [2.05, 4.69) is 54.9 Å². The summed E-state index contributed by atoms with van der Waals surface area (Å²) < 4.78 is 0. The normalized spacial score (nSPS) is 12.3. The van der Waals surface area contributed by atoms with E-state index in [1.165, 1.54) is 12.0 Å². The van der Waals surface area contributed by atoms with E-state index < -0.39 is 0 Å². The lowest BCUT2D eigenvalue weighted by Crippen LogP contribution is -2.26. The van der Waals surface area contributed by atoms with Crippen molar-refractivity contribution in [2.75, 3.05) is 30.4 Å². The lowest BCUT2D eigenvalue weighted by molar-refractivity contribution is 0.556. The van der Waals surface area contributed by atoms with Crippen LogP contribution in [0.2, 0.25) is 0 Å². The van der Waals surface area contributed by atoms with Crippen molar-refractivity contribution >= 4 is 11.6 Å². The monoisotopic (exact) mass is 264 g/mol. The van der Waals surface area contributed by atoms with Crippen molar-refractivity contribution in [3.63, 3.8) is 0 Å². The number of hydrogen-bond donors (Lipinski definition) is 1. The van der Waals surface area contributed by atoms with Crippen LogP contribution < -0.4 is 10.2 Å². The molecule has 0 aliphatic heterocycles. The Bertz CT molecular complexity index is 378. The Labute approximate surface area is 117 Å². The number of nitrogens with one attached hydrogen (secondary N) is 1. The summed E-state index contributed by atoms with van der Waals surface area (Å²) in [6.07, 6.45) is 4.98. The van der Waals surface area contributed by atoms with Crippen LogP contribution >= 0.6 is 0 Å². The summed E-state index contributed by atoms with van der Waals surface area (Å²) in [6, 6.07) is 0. The molecule has 1 unspecified atom stereocenters. The predicted octanol–water partition coefficient (Wildman–Crippen LogP) is 3.34. The smallest absolute Gasteiger partial charge is 0.137 e. The first kappa shape index (κ1) is 15.7. The van der Waals surface area contributed by atoms with Gasteiger partial charge in [-0.3, -0.25) is 0 Å². The van der Waals surface area contributed by atoms with Crippen molar-refractivity contribution in [1.29, 1.82) is 0 Å². The van der Waals surface area contributed by atoms with E-state index in [4.69, 9.17) is 0 Å². The summed E-state index contributed by atoms with van der Waals surface area (Å²) in [5.41, 5.74) is 1.25. The average molecular weight is 264 g/mol. The first-order valence-corrected chi connectivity index (χ1v) is 7.42. The molecular formula is C15H28N4. The maximum absolute atomic E-state index is 4.50. The quantitative estimate of drug-likeness (QED) is 0.782. The Hall–Kier alpha value is -1.32. The fourth-order valence-electron chi connectivity index (χ4n) is 2.22. The highest BCUT2D eigenvalue weighted by atomic mass is 15.2. The fraction of sp³-hybridized carbons (Fsp3) is 0.733. The molecule has 0 bridgehead atoms. The fourth-order valence-corrected chi connectivity index (χ4v) is 2.22. The standard InChI is InChI=1S/C15H28N4/c1-6-9-13-14(16-8-3)17-11-18-15(13)19(5)10-12(4)7-2/h11-12H,6-10H2,1-5H3,(H,16,17,18). The van der Waals surface area contributed by atoms with Gasteiger partial charge in [0.1, 0.15) is 18.0 Å². The number of anilines is 2. The first-order valence-electron chi connectivity index (χ1n) is 7.42. The minimum atomic E-state index is 0.678. The van der Waals surface area contributed by atoms with Crippen molar-refractivity contribution in [2.45, 2.75) is 47.0 Å². The third-order valence-electron chi connectivity index (χ3n) is 3.41. The number of nitrogens with zero attached hydrogens (tertiary/aromatic N) is 3. The zero-order chi connectivity index (χ0) is 14.3. The van der Waals surface area contributed by atoms with Crippen molar-refractivity contribution < 1.29 is 0 Å². The SMILES string of the molecule is CCCc1c(NCC)ncnc1N(C)CC(C)CC. The second-order valence-electron chi connectivity index (χ2n) is 5.20. The van der Waals surface area contributed by atoms with Crippen LogP contribution in [0.15, 0.2) is 6.33 Å². The Kier molecular flexibility index (Phi) is 6.60. The summed E-state index contributed by atoms with van der Waals surface area (Å²) in [4.78, 5) is 11.1. The van der Waals surface area contributed by atoms with Gasteiger partial charge in [0, 0.05) is 25.7 Å². The minimum absolute atomic E-state index is 0.678. The topological polar surface area (TPSA) is 41.1 Å². The van der Waals surface area contributed by atoms with E-state index in [1.807, 2.05) is 0 Å². The minimum Gasteiger partial charge on any atom is -0.370 e. The molecule has 0 spiro atoms. The first-order chi connectivity index (χ1) is 9.13. The molecule has 0 radical (unpaired) electrons. The van der Waals surface area contributed by atoms with Crippen LogP contribution in [0.5, 0.6) is 0 Å². The molecule has 19 heavy (non-hydrogen) atoms. The van der Waals surface area contributed by atoms with E-state index >= 15 is 0 Å². The molecule has 4 nitrogen and oxygen atoms in total. The molecular weight excluding hydrogens is 236 g/mol. The molecule has 0 saturated carbocycles. The molecule has 108 valence electrons. The summed E-state index contributed by atoms with van der Waals surface area (Å²) in [5, 5.41) is 3.35.